The first-order valence-corrected chi connectivity index (χ1v) is 10.1. The number of para-hydroxylation sites is 1. The number of phenols is 1. The van der Waals surface area contributed by atoms with Crippen LogP contribution < -0.4 is 10.9 Å². The minimum Gasteiger partial charge on any atom is -0.507 e. The summed E-state index contributed by atoms with van der Waals surface area (Å²) in [6.07, 6.45) is 0.516. The van der Waals surface area contributed by atoms with E-state index in [4.69, 9.17) is 4.42 Å². The van der Waals surface area contributed by atoms with Gasteiger partial charge < -0.3 is 14.8 Å². The second-order valence-corrected chi connectivity index (χ2v) is 7.71. The molecule has 0 saturated heterocycles. The van der Waals surface area contributed by atoms with Crippen LogP contribution in [0.4, 0.5) is 5.69 Å². The molecule has 1 aromatic heterocycles. The van der Waals surface area contributed by atoms with Gasteiger partial charge in [0.05, 0.1) is 0 Å². The predicted molar refractivity (Wildman–Crippen MR) is 129 cm³/mol. The van der Waals surface area contributed by atoms with Crippen LogP contribution in [0, 0.1) is 20.8 Å². The van der Waals surface area contributed by atoms with Crippen LogP contribution in [0.5, 0.6) is 5.75 Å². The van der Waals surface area contributed by atoms with E-state index in [0.717, 1.165) is 33.3 Å². The van der Waals surface area contributed by atoms with E-state index in [0.29, 0.717) is 29.7 Å². The van der Waals surface area contributed by atoms with Crippen LogP contribution in [0.2, 0.25) is 0 Å². The Bertz CT molecular complexity index is 1280. The Hall–Kier alpha value is -3.24. The highest BCUT2D eigenvalue weighted by Gasteiger charge is 2.18. The summed E-state index contributed by atoms with van der Waals surface area (Å²) in [7, 11) is 0. The number of nitrogens with one attached hydrogen (secondary N) is 1. The minimum atomic E-state index is -0.350. The van der Waals surface area contributed by atoms with Gasteiger partial charge in [-0.3, -0.25) is 0 Å². The van der Waals surface area contributed by atoms with E-state index < -0.39 is 0 Å². The number of hydrogen-bond acceptors (Lipinski definition) is 4. The Morgan fingerprint density at radius 2 is 1.61 bits per heavy atom. The number of rotatable bonds is 5. The number of aromatic hydroxyl groups is 1. The van der Waals surface area contributed by atoms with Crippen molar-refractivity contribution < 1.29 is 9.52 Å². The maximum Gasteiger partial charge on any atom is 0.340 e. The number of benzene rings is 3. The predicted octanol–water partition coefficient (Wildman–Crippen LogP) is 6.05. The summed E-state index contributed by atoms with van der Waals surface area (Å²) >= 11 is 0. The molecule has 2 N–H and O–H groups in total. The molecule has 4 aromatic rings. The number of halogens is 1. The van der Waals surface area contributed by atoms with E-state index in [1.807, 2.05) is 74.5 Å². The lowest BCUT2D eigenvalue weighted by molar-refractivity contribution is 0.462. The van der Waals surface area contributed by atoms with Gasteiger partial charge >= 0.3 is 5.63 Å². The van der Waals surface area contributed by atoms with Crippen molar-refractivity contribution >= 4 is 29.1 Å². The first kappa shape index (κ1) is 22.4. The molecule has 160 valence electrons. The van der Waals surface area contributed by atoms with Gasteiger partial charge in [0.25, 0.3) is 0 Å². The average Bonchev–Trinajstić information content (AvgIpc) is 2.75. The van der Waals surface area contributed by atoms with Crippen LogP contribution in [0.1, 0.15) is 33.4 Å². The van der Waals surface area contributed by atoms with Crippen LogP contribution in [-0.2, 0) is 13.0 Å². The van der Waals surface area contributed by atoms with Gasteiger partial charge in [0.15, 0.2) is 0 Å². The topological polar surface area (TPSA) is 62.5 Å². The van der Waals surface area contributed by atoms with Crippen molar-refractivity contribution in [1.82, 2.24) is 0 Å². The molecule has 0 radical (unpaired) electrons. The molecule has 0 aliphatic heterocycles. The third-order valence-corrected chi connectivity index (χ3v) is 5.70. The molecule has 0 unspecified atom stereocenters. The van der Waals surface area contributed by atoms with Gasteiger partial charge in [-0.15, -0.1) is 12.4 Å². The molecule has 0 bridgehead atoms. The molecule has 1 heterocycles. The summed E-state index contributed by atoms with van der Waals surface area (Å²) in [5, 5.41) is 15.0. The SMILES string of the molecule is Cc1ccccc1NCc1cc2c(C)c(Cc3ccccc3)c(=O)oc2c(C)c1O.Cl. The lowest BCUT2D eigenvalue weighted by atomic mass is 9.96. The van der Waals surface area contributed by atoms with Crippen LogP contribution >= 0.6 is 12.4 Å². The second kappa shape index (κ2) is 9.27. The molecule has 0 aliphatic rings. The Kier molecular flexibility index (Phi) is 6.71. The zero-order valence-electron chi connectivity index (χ0n) is 17.9. The second-order valence-electron chi connectivity index (χ2n) is 7.71. The summed E-state index contributed by atoms with van der Waals surface area (Å²) in [6.45, 7) is 6.25. The molecule has 4 rings (SSSR count). The van der Waals surface area contributed by atoms with E-state index in [1.165, 1.54) is 0 Å². The molecule has 5 heteroatoms. The van der Waals surface area contributed by atoms with Gasteiger partial charge in [-0.05, 0) is 49.6 Å². The van der Waals surface area contributed by atoms with Crippen molar-refractivity contribution in [1.29, 1.82) is 0 Å². The Balaban J connectivity index is 0.00000272. The lowest BCUT2D eigenvalue weighted by Gasteiger charge is -2.15. The number of hydrogen-bond donors (Lipinski definition) is 2. The van der Waals surface area contributed by atoms with Crippen molar-refractivity contribution in [3.8, 4) is 5.75 Å². The Labute approximate surface area is 188 Å². The molecular formula is C26H26ClNO3. The summed E-state index contributed by atoms with van der Waals surface area (Å²) < 4.78 is 5.66. The van der Waals surface area contributed by atoms with Gasteiger partial charge in [0, 0.05) is 40.7 Å². The molecule has 0 fully saturated rings. The van der Waals surface area contributed by atoms with E-state index in [-0.39, 0.29) is 23.8 Å². The third kappa shape index (κ3) is 4.44. The van der Waals surface area contributed by atoms with Crippen molar-refractivity contribution in [2.24, 2.45) is 0 Å². The maximum atomic E-state index is 12.7. The molecular weight excluding hydrogens is 410 g/mol. The quantitative estimate of drug-likeness (QED) is 0.374. The van der Waals surface area contributed by atoms with E-state index in [9.17, 15) is 9.90 Å². The summed E-state index contributed by atoms with van der Waals surface area (Å²) in [5.74, 6) is 0.155. The monoisotopic (exact) mass is 435 g/mol. The summed E-state index contributed by atoms with van der Waals surface area (Å²) in [4.78, 5) is 12.7. The molecule has 0 atom stereocenters. The molecule has 4 nitrogen and oxygen atoms in total. The van der Waals surface area contributed by atoms with Crippen LogP contribution in [0.15, 0.2) is 69.9 Å². The smallest absolute Gasteiger partial charge is 0.340 e. The highest BCUT2D eigenvalue weighted by Crippen LogP contribution is 2.33. The number of phenolic OH excluding ortho intramolecular Hbond substituents is 1. The van der Waals surface area contributed by atoms with Crippen molar-refractivity contribution in [2.45, 2.75) is 33.7 Å². The van der Waals surface area contributed by atoms with E-state index >= 15 is 0 Å². The van der Waals surface area contributed by atoms with Crippen molar-refractivity contribution in [2.75, 3.05) is 5.32 Å². The van der Waals surface area contributed by atoms with E-state index in [2.05, 4.69) is 5.32 Å². The number of anilines is 1. The molecule has 0 saturated carbocycles. The zero-order chi connectivity index (χ0) is 21.3. The fraction of sp³-hybridized carbons (Fsp3) is 0.192. The van der Waals surface area contributed by atoms with Gasteiger partial charge in [-0.2, -0.15) is 0 Å². The van der Waals surface area contributed by atoms with Crippen molar-refractivity contribution in [3.63, 3.8) is 0 Å². The molecule has 0 aliphatic carbocycles. The van der Waals surface area contributed by atoms with Crippen molar-refractivity contribution in [3.05, 3.63) is 104 Å². The normalized spacial score (nSPS) is 10.7. The molecule has 31 heavy (non-hydrogen) atoms. The molecule has 0 amide bonds. The summed E-state index contributed by atoms with van der Waals surface area (Å²) in [5.41, 5.74) is 6.22. The van der Waals surface area contributed by atoms with Crippen LogP contribution in [0.25, 0.3) is 11.0 Å². The minimum absolute atomic E-state index is 0. The Morgan fingerprint density at radius 3 is 2.32 bits per heavy atom. The highest BCUT2D eigenvalue weighted by atomic mass is 35.5. The maximum absolute atomic E-state index is 12.7. The molecule has 0 spiro atoms. The van der Waals surface area contributed by atoms with Crippen LogP contribution in [0.3, 0.4) is 0 Å². The summed E-state index contributed by atoms with van der Waals surface area (Å²) in [6, 6.07) is 19.9. The standard InChI is InChI=1S/C26H25NO3.ClH/c1-16-9-7-8-12-23(16)27-15-20-14-21-17(2)22(13-19-10-5-4-6-11-19)26(29)30-25(21)18(3)24(20)28;/h4-12,14,27-28H,13,15H2,1-3H3;1H. The highest BCUT2D eigenvalue weighted by molar-refractivity contribution is 5.87. The largest absolute Gasteiger partial charge is 0.507 e. The average molecular weight is 436 g/mol. The van der Waals surface area contributed by atoms with Gasteiger partial charge in [0.2, 0.25) is 0 Å². The van der Waals surface area contributed by atoms with Gasteiger partial charge in [-0.1, -0.05) is 48.5 Å². The lowest BCUT2D eigenvalue weighted by Crippen LogP contribution is -2.12. The zero-order valence-corrected chi connectivity index (χ0v) is 18.7. The number of aryl methyl sites for hydroxylation is 3. The third-order valence-electron chi connectivity index (χ3n) is 5.70. The first-order chi connectivity index (χ1) is 14.5. The van der Waals surface area contributed by atoms with Gasteiger partial charge in [-0.25, -0.2) is 4.79 Å². The number of fused-ring (bicyclic) bond motifs is 1. The fourth-order valence-electron chi connectivity index (χ4n) is 3.84. The Morgan fingerprint density at radius 1 is 0.935 bits per heavy atom. The van der Waals surface area contributed by atoms with E-state index in [1.54, 1.807) is 6.92 Å². The molecule has 3 aromatic carbocycles. The first-order valence-electron chi connectivity index (χ1n) is 10.1. The van der Waals surface area contributed by atoms with Crippen LogP contribution in [-0.4, -0.2) is 5.11 Å². The fourth-order valence-corrected chi connectivity index (χ4v) is 3.84. The van der Waals surface area contributed by atoms with Gasteiger partial charge in [0.1, 0.15) is 11.3 Å².